The Morgan fingerprint density at radius 3 is 2.50 bits per heavy atom. The van der Waals surface area contributed by atoms with Crippen molar-refractivity contribution in [3.63, 3.8) is 0 Å². The van der Waals surface area contributed by atoms with Crippen molar-refractivity contribution in [3.8, 4) is 0 Å². The fraction of sp³-hybridized carbons (Fsp3) is 0.750. The van der Waals surface area contributed by atoms with Gasteiger partial charge in [-0.2, -0.15) is 5.10 Å². The molecule has 0 aromatic carbocycles. The van der Waals surface area contributed by atoms with Gasteiger partial charge in [-0.25, -0.2) is 0 Å². The minimum absolute atomic E-state index is 0.606. The van der Waals surface area contributed by atoms with Crippen molar-refractivity contribution in [3.05, 3.63) is 17.0 Å². The quantitative estimate of drug-likeness (QED) is 0.719. The smallest absolute Gasteiger partial charge is 0.0628 e. The van der Waals surface area contributed by atoms with E-state index in [0.717, 1.165) is 12.3 Å². The predicted molar refractivity (Wildman–Crippen MR) is 58.5 cm³/mol. The highest BCUT2D eigenvalue weighted by Gasteiger charge is 2.30. The average Bonchev–Trinajstić information content (AvgIpc) is 2.93. The Hall–Kier alpha value is -0.790. The summed E-state index contributed by atoms with van der Waals surface area (Å²) < 4.78 is 2.24. The van der Waals surface area contributed by atoms with Gasteiger partial charge in [0.05, 0.1) is 11.7 Å². The number of aryl methyl sites for hydroxylation is 1. The summed E-state index contributed by atoms with van der Waals surface area (Å²) in [4.78, 5) is 0. The number of nitrogens with zero attached hydrogens (tertiary/aromatic N) is 2. The number of hydrogen-bond acceptors (Lipinski definition) is 1. The van der Waals surface area contributed by atoms with Crippen molar-refractivity contribution >= 4 is 0 Å². The molecule has 1 saturated carbocycles. The van der Waals surface area contributed by atoms with Crippen LogP contribution in [0.4, 0.5) is 0 Å². The van der Waals surface area contributed by atoms with Gasteiger partial charge in [-0.15, -0.1) is 0 Å². The standard InChI is InChI=1S/C12H20N2/c1-5-12-8(2)13-14(10(12)4)9(3)11-6-7-11/h9,11H,5-7H2,1-4H3. The molecular weight excluding hydrogens is 172 g/mol. The lowest BCUT2D eigenvalue weighted by atomic mass is 10.1. The average molecular weight is 192 g/mol. The minimum atomic E-state index is 0.606. The van der Waals surface area contributed by atoms with Crippen LogP contribution in [-0.2, 0) is 6.42 Å². The van der Waals surface area contributed by atoms with Crippen LogP contribution in [0.2, 0.25) is 0 Å². The van der Waals surface area contributed by atoms with Gasteiger partial charge in [0.25, 0.3) is 0 Å². The van der Waals surface area contributed by atoms with Crippen molar-refractivity contribution in [2.24, 2.45) is 5.92 Å². The molecule has 0 spiro atoms. The molecule has 14 heavy (non-hydrogen) atoms. The van der Waals surface area contributed by atoms with Crippen LogP contribution in [0, 0.1) is 19.8 Å². The van der Waals surface area contributed by atoms with Crippen LogP contribution >= 0.6 is 0 Å². The summed E-state index contributed by atoms with van der Waals surface area (Å²) in [6, 6.07) is 0.606. The van der Waals surface area contributed by atoms with E-state index in [1.807, 2.05) is 0 Å². The van der Waals surface area contributed by atoms with E-state index in [2.05, 4.69) is 37.5 Å². The zero-order valence-corrected chi connectivity index (χ0v) is 9.67. The molecule has 0 aliphatic heterocycles. The largest absolute Gasteiger partial charge is 0.266 e. The third-order valence-electron chi connectivity index (χ3n) is 3.52. The number of rotatable bonds is 3. The second-order valence-corrected chi connectivity index (χ2v) is 4.53. The van der Waals surface area contributed by atoms with Crippen LogP contribution in [0.15, 0.2) is 0 Å². The Balaban J connectivity index is 2.33. The molecule has 0 N–H and O–H groups in total. The molecule has 1 aromatic heterocycles. The molecule has 1 aliphatic rings. The maximum Gasteiger partial charge on any atom is 0.0628 e. The van der Waals surface area contributed by atoms with Gasteiger partial charge < -0.3 is 0 Å². The van der Waals surface area contributed by atoms with E-state index in [1.165, 1.54) is 29.8 Å². The van der Waals surface area contributed by atoms with Crippen LogP contribution in [-0.4, -0.2) is 9.78 Å². The van der Waals surface area contributed by atoms with Crippen LogP contribution in [0.3, 0.4) is 0 Å². The first-order chi connectivity index (χ1) is 6.65. The number of hydrogen-bond donors (Lipinski definition) is 0. The fourth-order valence-electron chi connectivity index (χ4n) is 2.38. The first kappa shape index (κ1) is 9.75. The summed E-state index contributed by atoms with van der Waals surface area (Å²) in [6.45, 7) is 8.85. The highest BCUT2D eigenvalue weighted by molar-refractivity contribution is 5.24. The summed E-state index contributed by atoms with van der Waals surface area (Å²) in [5.74, 6) is 0.887. The first-order valence-electron chi connectivity index (χ1n) is 5.69. The highest BCUT2D eigenvalue weighted by atomic mass is 15.3. The molecule has 0 radical (unpaired) electrons. The molecule has 1 aromatic rings. The Morgan fingerprint density at radius 1 is 1.43 bits per heavy atom. The zero-order valence-electron chi connectivity index (χ0n) is 9.67. The van der Waals surface area contributed by atoms with E-state index >= 15 is 0 Å². The Morgan fingerprint density at radius 2 is 2.07 bits per heavy atom. The lowest BCUT2D eigenvalue weighted by Crippen LogP contribution is -2.10. The van der Waals surface area contributed by atoms with Gasteiger partial charge in [-0.05, 0) is 51.5 Å². The van der Waals surface area contributed by atoms with E-state index in [1.54, 1.807) is 0 Å². The molecule has 1 heterocycles. The molecule has 1 atom stereocenters. The van der Waals surface area contributed by atoms with Crippen molar-refractivity contribution in [1.82, 2.24) is 9.78 Å². The minimum Gasteiger partial charge on any atom is -0.266 e. The molecule has 0 bridgehead atoms. The summed E-state index contributed by atoms with van der Waals surface area (Å²) in [6.07, 6.45) is 3.89. The Labute approximate surface area is 86.3 Å². The van der Waals surface area contributed by atoms with E-state index in [0.29, 0.717) is 6.04 Å². The molecule has 0 amide bonds. The molecule has 1 fully saturated rings. The topological polar surface area (TPSA) is 17.8 Å². The van der Waals surface area contributed by atoms with E-state index in [4.69, 9.17) is 0 Å². The molecule has 0 saturated heterocycles. The summed E-state index contributed by atoms with van der Waals surface area (Å²) in [7, 11) is 0. The van der Waals surface area contributed by atoms with Gasteiger partial charge in [0.2, 0.25) is 0 Å². The number of aromatic nitrogens is 2. The van der Waals surface area contributed by atoms with Gasteiger partial charge in [-0.1, -0.05) is 6.92 Å². The van der Waals surface area contributed by atoms with Crippen molar-refractivity contribution in [2.45, 2.75) is 53.0 Å². The van der Waals surface area contributed by atoms with Crippen LogP contribution in [0.1, 0.15) is 49.7 Å². The van der Waals surface area contributed by atoms with Crippen molar-refractivity contribution < 1.29 is 0 Å². The third kappa shape index (κ3) is 1.47. The third-order valence-corrected chi connectivity index (χ3v) is 3.52. The van der Waals surface area contributed by atoms with E-state index < -0.39 is 0 Å². The normalized spacial score (nSPS) is 18.6. The van der Waals surface area contributed by atoms with E-state index in [9.17, 15) is 0 Å². The summed E-state index contributed by atoms with van der Waals surface area (Å²) >= 11 is 0. The lowest BCUT2D eigenvalue weighted by Gasteiger charge is -2.13. The van der Waals surface area contributed by atoms with Gasteiger partial charge >= 0.3 is 0 Å². The molecule has 2 nitrogen and oxygen atoms in total. The van der Waals surface area contributed by atoms with Gasteiger partial charge in [0.15, 0.2) is 0 Å². The van der Waals surface area contributed by atoms with Gasteiger partial charge in [0.1, 0.15) is 0 Å². The second-order valence-electron chi connectivity index (χ2n) is 4.53. The zero-order chi connectivity index (χ0) is 10.3. The SMILES string of the molecule is CCc1c(C)nn(C(C)C2CC2)c1C. The second kappa shape index (κ2) is 3.41. The first-order valence-corrected chi connectivity index (χ1v) is 5.69. The van der Waals surface area contributed by atoms with Gasteiger partial charge in [-0.3, -0.25) is 4.68 Å². The molecule has 1 aliphatic carbocycles. The summed E-state index contributed by atoms with van der Waals surface area (Å²) in [5, 5.41) is 4.66. The maximum absolute atomic E-state index is 4.66. The van der Waals surface area contributed by atoms with Gasteiger partial charge in [0, 0.05) is 5.69 Å². The highest BCUT2D eigenvalue weighted by Crippen LogP contribution is 2.40. The van der Waals surface area contributed by atoms with Crippen LogP contribution < -0.4 is 0 Å². The lowest BCUT2D eigenvalue weighted by molar-refractivity contribution is 0.429. The summed E-state index contributed by atoms with van der Waals surface area (Å²) in [5.41, 5.74) is 4.04. The van der Waals surface area contributed by atoms with Crippen LogP contribution in [0.25, 0.3) is 0 Å². The predicted octanol–water partition coefficient (Wildman–Crippen LogP) is 3.03. The Kier molecular flexibility index (Phi) is 2.38. The van der Waals surface area contributed by atoms with Crippen molar-refractivity contribution in [1.29, 1.82) is 0 Å². The Bertz CT molecular complexity index is 334. The molecular formula is C12H20N2. The fourth-order valence-corrected chi connectivity index (χ4v) is 2.38. The molecule has 78 valence electrons. The maximum atomic E-state index is 4.66. The van der Waals surface area contributed by atoms with Crippen molar-refractivity contribution in [2.75, 3.05) is 0 Å². The molecule has 2 heteroatoms. The molecule has 2 rings (SSSR count). The van der Waals surface area contributed by atoms with Crippen LogP contribution in [0.5, 0.6) is 0 Å². The molecule has 1 unspecified atom stereocenters. The monoisotopic (exact) mass is 192 g/mol. The van der Waals surface area contributed by atoms with E-state index in [-0.39, 0.29) is 0 Å².